The van der Waals surface area contributed by atoms with Crippen LogP contribution in [0.25, 0.3) is 0 Å². The lowest BCUT2D eigenvalue weighted by atomic mass is 9.90. The zero-order valence-electron chi connectivity index (χ0n) is 14.8. The molecule has 0 fully saturated rings. The molecule has 0 aliphatic carbocycles. The molecular weight excluding hydrogens is 308 g/mol. The first-order valence-corrected chi connectivity index (χ1v) is 7.76. The fourth-order valence-electron chi connectivity index (χ4n) is 1.91. The Bertz CT molecular complexity index is 649. The van der Waals surface area contributed by atoms with Crippen LogP contribution in [-0.2, 0) is 14.3 Å². The molecule has 0 radical (unpaired) electrons. The zero-order chi connectivity index (χ0) is 18.3. The first-order chi connectivity index (χ1) is 11.2. The third-order valence-corrected chi connectivity index (χ3v) is 3.83. The van der Waals surface area contributed by atoms with E-state index < -0.39 is 24.0 Å². The van der Waals surface area contributed by atoms with Crippen LogP contribution in [0.4, 0.5) is 0 Å². The van der Waals surface area contributed by atoms with E-state index in [4.69, 9.17) is 14.7 Å². The third-order valence-electron chi connectivity index (χ3n) is 3.83. The Morgan fingerprint density at radius 1 is 1.29 bits per heavy atom. The Morgan fingerprint density at radius 3 is 2.50 bits per heavy atom. The van der Waals surface area contributed by atoms with Crippen LogP contribution in [-0.4, -0.2) is 30.6 Å². The summed E-state index contributed by atoms with van der Waals surface area (Å²) in [5, 5.41) is 11.7. The Labute approximate surface area is 142 Å². The summed E-state index contributed by atoms with van der Waals surface area (Å²) >= 11 is 0. The number of nitriles is 1. The van der Waals surface area contributed by atoms with Gasteiger partial charge in [0.05, 0.1) is 6.07 Å². The molecule has 1 amide bonds. The van der Waals surface area contributed by atoms with Gasteiger partial charge in [0.2, 0.25) is 0 Å². The molecule has 0 aromatic heterocycles. The predicted octanol–water partition coefficient (Wildman–Crippen LogP) is 2.28. The molecule has 1 N–H and O–H groups in total. The molecule has 1 aromatic carbocycles. The standard InChI is InChI=1S/C18H24N2O4/c1-12(2)18(5,11-19)20-16(21)9-24-17(22)10-23-15-7-6-13(3)8-14(15)4/h6-8,12H,9-10H2,1-5H3,(H,20,21)/t18-/m1/s1. The highest BCUT2D eigenvalue weighted by molar-refractivity contribution is 5.81. The van der Waals surface area contributed by atoms with E-state index in [1.165, 1.54) is 0 Å². The molecule has 0 saturated carbocycles. The predicted molar refractivity (Wildman–Crippen MR) is 89.4 cm³/mol. The van der Waals surface area contributed by atoms with Crippen LogP contribution in [0.5, 0.6) is 5.75 Å². The van der Waals surface area contributed by atoms with Crippen LogP contribution in [0.1, 0.15) is 31.9 Å². The number of benzene rings is 1. The van der Waals surface area contributed by atoms with Crippen LogP contribution >= 0.6 is 0 Å². The number of nitrogens with one attached hydrogen (secondary N) is 1. The van der Waals surface area contributed by atoms with E-state index in [-0.39, 0.29) is 12.5 Å². The minimum Gasteiger partial charge on any atom is -0.482 e. The van der Waals surface area contributed by atoms with E-state index in [1.807, 2.05) is 39.8 Å². The molecule has 0 unspecified atom stereocenters. The van der Waals surface area contributed by atoms with Crippen molar-refractivity contribution in [1.82, 2.24) is 5.32 Å². The van der Waals surface area contributed by atoms with Crippen molar-refractivity contribution in [3.63, 3.8) is 0 Å². The number of aryl methyl sites for hydroxylation is 2. The van der Waals surface area contributed by atoms with Gasteiger partial charge in [-0.05, 0) is 38.3 Å². The molecule has 0 heterocycles. The number of esters is 1. The number of nitrogens with zero attached hydrogens (tertiary/aromatic N) is 1. The average molecular weight is 332 g/mol. The highest BCUT2D eigenvalue weighted by atomic mass is 16.6. The summed E-state index contributed by atoms with van der Waals surface area (Å²) in [4.78, 5) is 23.5. The zero-order valence-corrected chi connectivity index (χ0v) is 14.8. The highest BCUT2D eigenvalue weighted by Crippen LogP contribution is 2.18. The van der Waals surface area contributed by atoms with Gasteiger partial charge in [-0.3, -0.25) is 4.79 Å². The molecule has 0 aliphatic rings. The van der Waals surface area contributed by atoms with Gasteiger partial charge in [-0.1, -0.05) is 31.5 Å². The third kappa shape index (κ3) is 5.58. The summed E-state index contributed by atoms with van der Waals surface area (Å²) in [6.07, 6.45) is 0. The van der Waals surface area contributed by atoms with Crippen LogP contribution in [0.3, 0.4) is 0 Å². The second-order valence-electron chi connectivity index (χ2n) is 6.24. The monoisotopic (exact) mass is 332 g/mol. The number of rotatable bonds is 7. The van der Waals surface area contributed by atoms with Crippen molar-refractivity contribution in [2.45, 2.75) is 40.2 Å². The topological polar surface area (TPSA) is 88.4 Å². The Balaban J connectivity index is 2.44. The van der Waals surface area contributed by atoms with Crippen LogP contribution in [0, 0.1) is 31.1 Å². The van der Waals surface area contributed by atoms with Crippen molar-refractivity contribution >= 4 is 11.9 Å². The average Bonchev–Trinajstić information content (AvgIpc) is 2.51. The second-order valence-corrected chi connectivity index (χ2v) is 6.24. The smallest absolute Gasteiger partial charge is 0.344 e. The SMILES string of the molecule is Cc1ccc(OCC(=O)OCC(=O)N[C@](C)(C#N)C(C)C)c(C)c1. The van der Waals surface area contributed by atoms with Gasteiger partial charge in [-0.2, -0.15) is 5.26 Å². The summed E-state index contributed by atoms with van der Waals surface area (Å²) in [5.74, 6) is -0.644. The largest absolute Gasteiger partial charge is 0.482 e. The maximum Gasteiger partial charge on any atom is 0.344 e. The molecular formula is C18H24N2O4. The molecule has 1 atom stereocenters. The lowest BCUT2D eigenvalue weighted by Crippen LogP contribution is -2.50. The van der Waals surface area contributed by atoms with Crippen molar-refractivity contribution < 1.29 is 19.1 Å². The molecule has 0 spiro atoms. The number of amides is 1. The molecule has 0 saturated heterocycles. The van der Waals surface area contributed by atoms with Crippen LogP contribution in [0.15, 0.2) is 18.2 Å². The minimum absolute atomic E-state index is 0.0741. The quantitative estimate of drug-likeness (QED) is 0.774. The molecule has 130 valence electrons. The van der Waals surface area contributed by atoms with E-state index in [1.54, 1.807) is 13.0 Å². The van der Waals surface area contributed by atoms with Crippen LogP contribution < -0.4 is 10.1 Å². The van der Waals surface area contributed by atoms with Crippen molar-refractivity contribution in [1.29, 1.82) is 5.26 Å². The lowest BCUT2D eigenvalue weighted by molar-refractivity contribution is -0.150. The van der Waals surface area contributed by atoms with Gasteiger partial charge >= 0.3 is 5.97 Å². The molecule has 1 rings (SSSR count). The Hall–Kier alpha value is -2.55. The summed E-state index contributed by atoms with van der Waals surface area (Å²) in [6.45, 7) is 8.41. The van der Waals surface area contributed by atoms with Crippen molar-refractivity contribution in [2.75, 3.05) is 13.2 Å². The summed E-state index contributed by atoms with van der Waals surface area (Å²) in [7, 11) is 0. The number of carbonyl (C=O) groups is 2. The number of hydrogen-bond donors (Lipinski definition) is 1. The molecule has 6 heteroatoms. The highest BCUT2D eigenvalue weighted by Gasteiger charge is 2.30. The Kier molecular flexibility index (Phi) is 6.78. The number of hydrogen-bond acceptors (Lipinski definition) is 5. The maximum absolute atomic E-state index is 11.8. The van der Waals surface area contributed by atoms with Gasteiger partial charge in [0.15, 0.2) is 13.2 Å². The van der Waals surface area contributed by atoms with Gasteiger partial charge in [-0.15, -0.1) is 0 Å². The minimum atomic E-state index is -1.00. The van der Waals surface area contributed by atoms with Gasteiger partial charge in [0, 0.05) is 0 Å². The van der Waals surface area contributed by atoms with Crippen molar-refractivity contribution in [3.05, 3.63) is 29.3 Å². The maximum atomic E-state index is 11.8. The normalized spacial score (nSPS) is 12.9. The molecule has 6 nitrogen and oxygen atoms in total. The van der Waals surface area contributed by atoms with E-state index >= 15 is 0 Å². The van der Waals surface area contributed by atoms with E-state index in [0.717, 1.165) is 11.1 Å². The van der Waals surface area contributed by atoms with E-state index in [9.17, 15) is 9.59 Å². The lowest BCUT2D eigenvalue weighted by Gasteiger charge is -2.27. The summed E-state index contributed by atoms with van der Waals surface area (Å²) in [6, 6.07) is 7.67. The molecule has 0 bridgehead atoms. The van der Waals surface area contributed by atoms with E-state index in [0.29, 0.717) is 5.75 Å². The molecule has 24 heavy (non-hydrogen) atoms. The summed E-state index contributed by atoms with van der Waals surface area (Å²) in [5.41, 5.74) is 1.02. The first kappa shape index (κ1) is 19.5. The Morgan fingerprint density at radius 2 is 1.96 bits per heavy atom. The summed E-state index contributed by atoms with van der Waals surface area (Å²) < 4.78 is 10.3. The van der Waals surface area contributed by atoms with E-state index in [2.05, 4.69) is 11.4 Å². The number of carbonyl (C=O) groups excluding carboxylic acids is 2. The van der Waals surface area contributed by atoms with Gasteiger partial charge < -0.3 is 14.8 Å². The van der Waals surface area contributed by atoms with Crippen molar-refractivity contribution in [2.24, 2.45) is 5.92 Å². The number of ether oxygens (including phenoxy) is 2. The second kappa shape index (κ2) is 8.34. The molecule has 0 aliphatic heterocycles. The van der Waals surface area contributed by atoms with Gasteiger partial charge in [0.1, 0.15) is 11.3 Å². The fraction of sp³-hybridized carbons (Fsp3) is 0.500. The molecule has 1 aromatic rings. The van der Waals surface area contributed by atoms with Crippen molar-refractivity contribution in [3.8, 4) is 11.8 Å². The van der Waals surface area contributed by atoms with Gasteiger partial charge in [-0.25, -0.2) is 4.79 Å². The fourth-order valence-corrected chi connectivity index (χ4v) is 1.91. The first-order valence-electron chi connectivity index (χ1n) is 7.76. The van der Waals surface area contributed by atoms with Gasteiger partial charge in [0.25, 0.3) is 5.91 Å². The van der Waals surface area contributed by atoms with Crippen LogP contribution in [0.2, 0.25) is 0 Å².